The lowest BCUT2D eigenvalue weighted by Gasteiger charge is -2.41. The van der Waals surface area contributed by atoms with E-state index >= 15 is 0 Å². The lowest BCUT2D eigenvalue weighted by Crippen LogP contribution is -2.53. The van der Waals surface area contributed by atoms with E-state index in [9.17, 15) is 9.13 Å². The molecule has 0 saturated carbocycles. The molecule has 0 spiro atoms. The van der Waals surface area contributed by atoms with Gasteiger partial charge in [-0.1, -0.05) is 63.7 Å². The molecule has 0 aromatic carbocycles. The van der Waals surface area contributed by atoms with Crippen LogP contribution in [-0.4, -0.2) is 42.3 Å². The molecule has 0 bridgehead atoms. The minimum Gasteiger partial charge on any atom is -0.302 e. The summed E-state index contributed by atoms with van der Waals surface area (Å²) in [4.78, 5) is 18.0. The van der Waals surface area contributed by atoms with Gasteiger partial charge in [-0.25, -0.2) is 9.13 Å². The maximum Gasteiger partial charge on any atom is 0.485 e. The molecule has 1 fully saturated rings. The number of rotatable bonds is 10. The van der Waals surface area contributed by atoms with Crippen molar-refractivity contribution in [2.45, 2.75) is 36.9 Å². The molecule has 1 aliphatic heterocycles. The Labute approximate surface area is 169 Å². The Hall–Kier alpha value is 2.18. The van der Waals surface area contributed by atoms with Crippen molar-refractivity contribution in [3.63, 3.8) is 0 Å². The average Bonchev–Trinajstić information content (AvgIpc) is 2.57. The Balaban J connectivity index is 3.34. The standard InChI is InChI=1S/C10H18Br4O7P2/c11-5-1-9(2-6-12)10(3-7-13,4-8-14)20-23(18,19-9)21-22(15,16)17/h1-8H2,(H2,15,16,17). The van der Waals surface area contributed by atoms with Crippen molar-refractivity contribution < 1.29 is 32.3 Å². The van der Waals surface area contributed by atoms with Gasteiger partial charge < -0.3 is 9.79 Å². The van der Waals surface area contributed by atoms with Gasteiger partial charge in [0, 0.05) is 21.3 Å². The highest BCUT2D eigenvalue weighted by Gasteiger charge is 2.65. The summed E-state index contributed by atoms with van der Waals surface area (Å²) in [7, 11) is -9.43. The van der Waals surface area contributed by atoms with Crippen LogP contribution in [0.4, 0.5) is 0 Å². The number of phosphoric ester groups is 1. The molecule has 0 aliphatic carbocycles. The molecule has 1 heterocycles. The molecule has 0 aromatic heterocycles. The SMILES string of the molecule is O=P(O)(O)OP1(=O)OC(CCBr)(CCBr)C(CCBr)(CCBr)O1. The van der Waals surface area contributed by atoms with Gasteiger partial charge in [-0.3, -0.25) is 9.05 Å². The summed E-state index contributed by atoms with van der Waals surface area (Å²) in [6.45, 7) is 0. The molecule has 2 N–H and O–H groups in total. The predicted molar refractivity (Wildman–Crippen MR) is 102 cm³/mol. The summed E-state index contributed by atoms with van der Waals surface area (Å²) in [5, 5.41) is 2.19. The second-order valence-electron chi connectivity index (χ2n) is 4.95. The van der Waals surface area contributed by atoms with Gasteiger partial charge in [0.1, 0.15) is 11.2 Å². The lowest BCUT2D eigenvalue weighted by atomic mass is 9.75. The van der Waals surface area contributed by atoms with Gasteiger partial charge in [0.15, 0.2) is 0 Å². The van der Waals surface area contributed by atoms with Crippen molar-refractivity contribution in [1.29, 1.82) is 0 Å². The summed E-state index contributed by atoms with van der Waals surface area (Å²) in [5.41, 5.74) is -1.99. The van der Waals surface area contributed by atoms with Gasteiger partial charge in [-0.2, -0.15) is 4.31 Å². The minimum atomic E-state index is -5.03. The van der Waals surface area contributed by atoms with Crippen LogP contribution < -0.4 is 0 Å². The van der Waals surface area contributed by atoms with Gasteiger partial charge in [-0.05, 0) is 25.7 Å². The van der Waals surface area contributed by atoms with Gasteiger partial charge in [-0.15, -0.1) is 0 Å². The summed E-state index contributed by atoms with van der Waals surface area (Å²) in [6.07, 6.45) is 1.81. The summed E-state index contributed by atoms with van der Waals surface area (Å²) >= 11 is 13.4. The molecule has 23 heavy (non-hydrogen) atoms. The zero-order valence-electron chi connectivity index (χ0n) is 12.0. The minimum absolute atomic E-state index is 0.451. The fourth-order valence-electron chi connectivity index (χ4n) is 2.73. The number of phosphoric acid groups is 2. The second-order valence-corrected chi connectivity index (χ2v) is 11.0. The van der Waals surface area contributed by atoms with E-state index in [0.29, 0.717) is 47.0 Å². The molecule has 1 saturated heterocycles. The Morgan fingerprint density at radius 1 is 0.870 bits per heavy atom. The van der Waals surface area contributed by atoms with E-state index in [1.54, 1.807) is 0 Å². The first-order valence-corrected chi connectivity index (χ1v) is 14.1. The highest BCUT2D eigenvalue weighted by atomic mass is 79.9. The van der Waals surface area contributed by atoms with Crippen LogP contribution >= 0.6 is 79.4 Å². The third kappa shape index (κ3) is 5.83. The average molecular weight is 632 g/mol. The fourth-order valence-corrected chi connectivity index (χ4v) is 8.19. The molecule has 13 heteroatoms. The van der Waals surface area contributed by atoms with Crippen molar-refractivity contribution >= 4 is 79.4 Å². The summed E-state index contributed by atoms with van der Waals surface area (Å²) in [5.74, 6) is 0. The third-order valence-corrected chi connectivity index (χ3v) is 7.99. The van der Waals surface area contributed by atoms with Crippen LogP contribution in [0.2, 0.25) is 0 Å². The molecule has 0 unspecified atom stereocenters. The summed E-state index contributed by atoms with van der Waals surface area (Å²) < 4.78 is 39.6. The Bertz CT molecular complexity index is 446. The molecule has 7 nitrogen and oxygen atoms in total. The van der Waals surface area contributed by atoms with Gasteiger partial charge >= 0.3 is 15.6 Å². The summed E-state index contributed by atoms with van der Waals surface area (Å²) in [6, 6.07) is 0. The molecule has 0 atom stereocenters. The van der Waals surface area contributed by atoms with Crippen LogP contribution in [0.15, 0.2) is 0 Å². The van der Waals surface area contributed by atoms with E-state index < -0.39 is 26.8 Å². The van der Waals surface area contributed by atoms with E-state index in [4.69, 9.17) is 18.8 Å². The van der Waals surface area contributed by atoms with E-state index in [2.05, 4.69) is 68.0 Å². The number of hydrogen-bond acceptors (Lipinski definition) is 5. The van der Waals surface area contributed by atoms with Crippen LogP contribution in [0.25, 0.3) is 0 Å². The maximum absolute atomic E-state index is 12.7. The van der Waals surface area contributed by atoms with Crippen molar-refractivity contribution in [3.05, 3.63) is 0 Å². The van der Waals surface area contributed by atoms with Gasteiger partial charge in [0.2, 0.25) is 0 Å². The Kier molecular flexibility index (Phi) is 9.49. The van der Waals surface area contributed by atoms with Gasteiger partial charge in [0.25, 0.3) is 0 Å². The number of alkyl halides is 4. The van der Waals surface area contributed by atoms with Crippen LogP contribution in [-0.2, 0) is 22.5 Å². The predicted octanol–water partition coefficient (Wildman–Crippen LogP) is 4.87. The first-order valence-electron chi connectivity index (χ1n) is 6.64. The van der Waals surface area contributed by atoms with Crippen LogP contribution in [0.1, 0.15) is 25.7 Å². The smallest absolute Gasteiger partial charge is 0.302 e. The molecule has 0 amide bonds. The largest absolute Gasteiger partial charge is 0.485 e. The third-order valence-electron chi connectivity index (χ3n) is 3.60. The normalized spacial score (nSPS) is 22.3. The van der Waals surface area contributed by atoms with E-state index in [-0.39, 0.29) is 0 Å². The quantitative estimate of drug-likeness (QED) is 0.262. The Morgan fingerprint density at radius 2 is 1.17 bits per heavy atom. The molecule has 1 aliphatic rings. The maximum atomic E-state index is 12.7. The highest BCUT2D eigenvalue weighted by Crippen LogP contribution is 2.73. The van der Waals surface area contributed by atoms with Crippen molar-refractivity contribution in [2.75, 3.05) is 21.3 Å². The van der Waals surface area contributed by atoms with Gasteiger partial charge in [0.05, 0.1) is 0 Å². The van der Waals surface area contributed by atoms with E-state index in [0.717, 1.165) is 0 Å². The zero-order valence-corrected chi connectivity index (χ0v) is 20.1. The Morgan fingerprint density at radius 3 is 1.39 bits per heavy atom. The number of hydrogen-bond donors (Lipinski definition) is 2. The first kappa shape index (κ1) is 23.2. The second kappa shape index (κ2) is 9.40. The number of halogens is 4. The monoisotopic (exact) mass is 628 g/mol. The molecule has 138 valence electrons. The molecule has 0 aromatic rings. The van der Waals surface area contributed by atoms with Crippen molar-refractivity contribution in [3.8, 4) is 0 Å². The topological polar surface area (TPSA) is 102 Å². The highest BCUT2D eigenvalue weighted by molar-refractivity contribution is 9.09. The first-order chi connectivity index (χ1) is 10.6. The van der Waals surface area contributed by atoms with Crippen molar-refractivity contribution in [1.82, 2.24) is 0 Å². The zero-order chi connectivity index (χ0) is 17.8. The molecule has 1 rings (SSSR count). The van der Waals surface area contributed by atoms with E-state index in [1.807, 2.05) is 0 Å². The van der Waals surface area contributed by atoms with Crippen LogP contribution in [0, 0.1) is 0 Å². The molecular formula is C10H18Br4O7P2. The van der Waals surface area contributed by atoms with Crippen molar-refractivity contribution in [2.24, 2.45) is 0 Å². The molecule has 0 radical (unpaired) electrons. The van der Waals surface area contributed by atoms with Crippen LogP contribution in [0.3, 0.4) is 0 Å². The van der Waals surface area contributed by atoms with Crippen LogP contribution in [0.5, 0.6) is 0 Å². The fraction of sp³-hybridized carbons (Fsp3) is 1.00. The molecular weight excluding hydrogens is 614 g/mol. The van der Waals surface area contributed by atoms with E-state index in [1.165, 1.54) is 0 Å². The lowest BCUT2D eigenvalue weighted by molar-refractivity contribution is -0.0563.